The van der Waals surface area contributed by atoms with E-state index < -0.39 is 67.8 Å². The van der Waals surface area contributed by atoms with Gasteiger partial charge in [-0.3, -0.25) is 28.5 Å². The summed E-state index contributed by atoms with van der Waals surface area (Å²) in [6, 6.07) is 10.6. The second-order valence-electron chi connectivity index (χ2n) is 20.7. The molecule has 1 unspecified atom stereocenters. The number of hydrogen-bond donors (Lipinski definition) is 6. The molecule has 2 saturated heterocycles. The minimum absolute atomic E-state index is 0.0822. The third kappa shape index (κ3) is 8.24. The molecule has 1 amide bonds. The number of ether oxygens (including phenoxy) is 3. The quantitative estimate of drug-likeness (QED) is 0.0868. The molecular weight excluding hydrogens is 907 g/mol. The largest absolute Gasteiger partial charge is 0.496 e. The van der Waals surface area contributed by atoms with Gasteiger partial charge in [-0.05, 0) is 93.5 Å². The van der Waals surface area contributed by atoms with Crippen LogP contribution in [0.15, 0.2) is 48.6 Å². The number of methoxy groups -OCH3 is 2. The van der Waals surface area contributed by atoms with Crippen molar-refractivity contribution < 1.29 is 56.3 Å². The van der Waals surface area contributed by atoms with Gasteiger partial charge in [0.2, 0.25) is 0 Å². The maximum atomic E-state index is 15.4. The first-order valence-corrected chi connectivity index (χ1v) is 25.9. The van der Waals surface area contributed by atoms with E-state index in [9.17, 15) is 15.0 Å². The zero-order chi connectivity index (χ0) is 50.1. The summed E-state index contributed by atoms with van der Waals surface area (Å²) in [5.41, 5.74) is -0.468. The van der Waals surface area contributed by atoms with Crippen molar-refractivity contribution in [2.75, 3.05) is 65.5 Å². The maximum Gasteiger partial charge on any atom is 0.394 e. The van der Waals surface area contributed by atoms with E-state index in [-0.39, 0.29) is 30.9 Å². The van der Waals surface area contributed by atoms with E-state index in [0.717, 1.165) is 59.6 Å². The van der Waals surface area contributed by atoms with Crippen LogP contribution < -0.4 is 15.0 Å². The number of rotatable bonds is 11. The van der Waals surface area contributed by atoms with Crippen molar-refractivity contribution in [3.63, 3.8) is 0 Å². The zero-order valence-electron chi connectivity index (χ0n) is 41.2. The van der Waals surface area contributed by atoms with E-state index in [4.69, 9.17) is 31.7 Å². The summed E-state index contributed by atoms with van der Waals surface area (Å²) >= 11 is 0. The number of fused-ring (bicyclic) bond motifs is 6. The van der Waals surface area contributed by atoms with Gasteiger partial charge in [0, 0.05) is 84.0 Å². The molecule has 0 radical (unpaired) electrons. The SMILES string of the molecule is CCOC(=O)[C@@H](NC(=O)[C@@]1(O)C[C@]2(CC)C=CCN3CC[C@@]4(c5cc([C@@]6(C(=O)OC)C[C@@H]7CN(CCc8c6[nH]c6ccccc86)C[C@](O)(CC)C7)c(OC)cc5N(C)[C@H]41)[C@@H]32)[C@@H](C)CC.O=S(=O)(O)O. The number of nitrogens with zero attached hydrogens (tertiary/aromatic N) is 3. The predicted octanol–water partition coefficient (Wildman–Crippen LogP) is 4.72. The molecule has 1 aromatic heterocycles. The highest BCUT2D eigenvalue weighted by atomic mass is 32.3. The third-order valence-electron chi connectivity index (χ3n) is 17.1. The highest BCUT2D eigenvalue weighted by Crippen LogP contribution is 2.67. The van der Waals surface area contributed by atoms with E-state index >= 15 is 9.59 Å². The molecule has 1 aliphatic carbocycles. The number of hydrogen-bond acceptors (Lipinski definition) is 13. The van der Waals surface area contributed by atoms with Crippen molar-refractivity contribution in [2.45, 2.75) is 126 Å². The normalized spacial score (nSPS) is 33.2. The van der Waals surface area contributed by atoms with Gasteiger partial charge in [0.25, 0.3) is 5.91 Å². The molecule has 5 aliphatic heterocycles. The number of aromatic nitrogens is 1. The highest BCUT2D eigenvalue weighted by Gasteiger charge is 2.75. The van der Waals surface area contributed by atoms with Crippen molar-refractivity contribution in [2.24, 2.45) is 17.3 Å². The van der Waals surface area contributed by atoms with Crippen LogP contribution in [-0.4, -0.2) is 150 Å². The van der Waals surface area contributed by atoms with E-state index in [2.05, 4.69) is 62.3 Å². The first kappa shape index (κ1) is 50.8. The fraction of sp³-hybridized carbons (Fsp3) is 0.627. The van der Waals surface area contributed by atoms with Crippen LogP contribution in [0.25, 0.3) is 10.9 Å². The van der Waals surface area contributed by atoms with Gasteiger partial charge in [0.1, 0.15) is 17.2 Å². The summed E-state index contributed by atoms with van der Waals surface area (Å²) in [4.78, 5) is 55.0. The Hall–Kier alpha value is -4.56. The van der Waals surface area contributed by atoms with Crippen LogP contribution in [0, 0.1) is 17.3 Å². The molecule has 6 N–H and O–H groups in total. The van der Waals surface area contributed by atoms with E-state index in [0.29, 0.717) is 62.8 Å². The lowest BCUT2D eigenvalue weighted by atomic mass is 9.49. The Balaban J connectivity index is 0.00000122. The topological polar surface area (TPSA) is 231 Å². The minimum Gasteiger partial charge on any atom is -0.496 e. The number of anilines is 1. The molecular formula is C51H71N5O12S. The molecule has 2 aromatic carbocycles. The van der Waals surface area contributed by atoms with Crippen LogP contribution in [0.4, 0.5) is 5.69 Å². The second-order valence-corrected chi connectivity index (χ2v) is 21.6. The molecule has 11 atom stereocenters. The Kier molecular flexibility index (Phi) is 13.7. The fourth-order valence-electron chi connectivity index (χ4n) is 14.2. The number of aliphatic hydroxyl groups is 2. The number of amides is 1. The molecule has 2 bridgehead atoms. The number of carbonyl (C=O) groups is 3. The minimum atomic E-state index is -4.67. The predicted molar refractivity (Wildman–Crippen MR) is 260 cm³/mol. The van der Waals surface area contributed by atoms with Gasteiger partial charge in [-0.2, -0.15) is 8.42 Å². The van der Waals surface area contributed by atoms with Gasteiger partial charge in [0.15, 0.2) is 5.60 Å². The first-order valence-electron chi connectivity index (χ1n) is 24.5. The lowest BCUT2D eigenvalue weighted by molar-refractivity contribution is -0.164. The number of esters is 2. The van der Waals surface area contributed by atoms with Crippen molar-refractivity contribution in [3.05, 3.63) is 70.9 Å². The average Bonchev–Trinajstić information content (AvgIpc) is 3.98. The number of para-hydroxylation sites is 1. The lowest BCUT2D eigenvalue weighted by Gasteiger charge is -2.61. The van der Waals surface area contributed by atoms with E-state index in [1.165, 1.54) is 7.11 Å². The number of likely N-dealkylation sites (N-methyl/N-ethyl adjacent to an activating group) is 1. The molecule has 69 heavy (non-hydrogen) atoms. The molecule has 3 fully saturated rings. The highest BCUT2D eigenvalue weighted by molar-refractivity contribution is 7.79. The Morgan fingerprint density at radius 1 is 0.986 bits per heavy atom. The number of aromatic amines is 1. The molecule has 6 aliphatic rings. The molecule has 3 aromatic rings. The van der Waals surface area contributed by atoms with Gasteiger partial charge in [0.05, 0.1) is 32.5 Å². The van der Waals surface area contributed by atoms with E-state index in [1.807, 2.05) is 46.0 Å². The van der Waals surface area contributed by atoms with Gasteiger partial charge in [-0.25, -0.2) is 4.79 Å². The van der Waals surface area contributed by atoms with Crippen molar-refractivity contribution in [1.29, 1.82) is 0 Å². The third-order valence-corrected chi connectivity index (χ3v) is 17.1. The molecule has 378 valence electrons. The fourth-order valence-corrected chi connectivity index (χ4v) is 14.2. The van der Waals surface area contributed by atoms with Gasteiger partial charge < -0.3 is 39.6 Å². The van der Waals surface area contributed by atoms with Crippen LogP contribution in [0.3, 0.4) is 0 Å². The molecule has 18 heteroatoms. The maximum absolute atomic E-state index is 15.4. The summed E-state index contributed by atoms with van der Waals surface area (Å²) in [6.45, 7) is 13.5. The van der Waals surface area contributed by atoms with Gasteiger partial charge >= 0.3 is 22.3 Å². The monoisotopic (exact) mass is 977 g/mol. The lowest BCUT2D eigenvalue weighted by Crippen LogP contribution is -2.76. The van der Waals surface area contributed by atoms with Crippen molar-refractivity contribution in [1.82, 2.24) is 20.1 Å². The summed E-state index contributed by atoms with van der Waals surface area (Å²) in [5.74, 6) is -1.32. The second kappa shape index (κ2) is 18.6. The standard InChI is InChI=1S/C51H69N5O8.H2O4S/c1-9-31(5)40(42(57)64-12-4)53-45(58)51(61)29-47(10-2)19-15-21-56-23-20-49(43(47)56)35-24-36(39(62-7)25-38(35)54(6)44(49)51)50(46(59)63-8)27-32-26-48(60,11-3)30-55(28-32)22-18-34-33-16-13-14-17-37(33)52-41(34)50;1-5(2,3)4/h13-17,19,24-25,31-32,40,43-44,52,60-61H,9-12,18,20-23,26-30H2,1-8H3,(H,53,58);(H2,1,2,3,4)/t31-,32+,40-,43-,44+,47-,48-,49+,50-,51+;/m0./s1. The molecule has 1 saturated carbocycles. The Bertz CT molecular complexity index is 2610. The van der Waals surface area contributed by atoms with Crippen LogP contribution in [0.5, 0.6) is 5.75 Å². The number of piperidine rings is 1. The number of nitrogens with one attached hydrogen (secondary N) is 2. The van der Waals surface area contributed by atoms with Crippen LogP contribution in [0.1, 0.15) is 102 Å². The van der Waals surface area contributed by atoms with Gasteiger partial charge in [-0.1, -0.05) is 64.5 Å². The van der Waals surface area contributed by atoms with Crippen LogP contribution in [-0.2, 0) is 51.5 Å². The Morgan fingerprint density at radius 3 is 2.36 bits per heavy atom. The number of benzene rings is 2. The Labute approximate surface area is 405 Å². The zero-order valence-corrected chi connectivity index (χ0v) is 42.0. The molecule has 17 nitrogen and oxygen atoms in total. The first-order chi connectivity index (χ1) is 32.6. The smallest absolute Gasteiger partial charge is 0.394 e. The number of H-pyrrole nitrogens is 1. The molecule has 6 heterocycles. The van der Waals surface area contributed by atoms with Crippen LogP contribution in [0.2, 0.25) is 0 Å². The van der Waals surface area contributed by atoms with Gasteiger partial charge in [-0.15, -0.1) is 0 Å². The Morgan fingerprint density at radius 2 is 1.71 bits per heavy atom. The van der Waals surface area contributed by atoms with Crippen molar-refractivity contribution in [3.8, 4) is 5.75 Å². The van der Waals surface area contributed by atoms with Crippen LogP contribution >= 0.6 is 0 Å². The van der Waals surface area contributed by atoms with E-state index in [1.54, 1.807) is 14.0 Å². The summed E-state index contributed by atoms with van der Waals surface area (Å²) in [5, 5.41) is 29.8. The molecule has 9 rings (SSSR count). The van der Waals surface area contributed by atoms with Crippen molar-refractivity contribution >= 4 is 44.8 Å². The number of carbonyl (C=O) groups excluding carboxylic acids is 3. The molecule has 1 spiro atoms. The summed E-state index contributed by atoms with van der Waals surface area (Å²) in [6.07, 6.45) is 8.67. The summed E-state index contributed by atoms with van der Waals surface area (Å²) < 4.78 is 49.5. The summed E-state index contributed by atoms with van der Waals surface area (Å²) in [7, 11) is 0.384. The average molecular weight is 978 g/mol.